The van der Waals surface area contributed by atoms with Crippen molar-refractivity contribution in [1.82, 2.24) is 15.1 Å². The average Bonchev–Trinajstić information content (AvgIpc) is 2.83. The van der Waals surface area contributed by atoms with Crippen LogP contribution in [0.2, 0.25) is 0 Å². The number of piperidine rings is 1. The molecule has 4 rings (SSSR count). The maximum Gasteiger partial charge on any atom is 0.255 e. The van der Waals surface area contributed by atoms with E-state index in [9.17, 15) is 14.4 Å². The zero-order chi connectivity index (χ0) is 16.8. The molecule has 0 spiro atoms. The van der Waals surface area contributed by atoms with Gasteiger partial charge in [-0.3, -0.25) is 24.6 Å². The highest BCUT2D eigenvalue weighted by molar-refractivity contribution is 6.05. The van der Waals surface area contributed by atoms with Crippen molar-refractivity contribution in [2.45, 2.75) is 38.0 Å². The third kappa shape index (κ3) is 2.59. The van der Waals surface area contributed by atoms with E-state index >= 15 is 0 Å². The van der Waals surface area contributed by atoms with Gasteiger partial charge in [0, 0.05) is 44.2 Å². The minimum Gasteiger partial charge on any atom is -0.325 e. The summed E-state index contributed by atoms with van der Waals surface area (Å²) in [4.78, 5) is 39.9. The molecule has 0 radical (unpaired) electrons. The molecule has 3 aliphatic heterocycles. The lowest BCUT2D eigenvalue weighted by molar-refractivity contribution is -0.136. The summed E-state index contributed by atoms with van der Waals surface area (Å²) in [6.07, 6.45) is 0.667. The topological polar surface area (TPSA) is 95.7 Å². The zero-order valence-corrected chi connectivity index (χ0v) is 13.3. The average molecular weight is 328 g/mol. The molecule has 1 aromatic carbocycles. The molecule has 3 N–H and O–H groups in total. The standard InChI is InChI=1S/C17H20N4O3/c18-12-8-20(9-12)6-10-1-2-11-7-21(17(24)13(11)5-10)14-3-4-15(22)19-16(14)23/h1-2,5,12,14H,3-4,6-9,18H2,(H,19,22,23). The van der Waals surface area contributed by atoms with Gasteiger partial charge >= 0.3 is 0 Å². The summed E-state index contributed by atoms with van der Waals surface area (Å²) in [5, 5.41) is 2.32. The number of likely N-dealkylation sites (tertiary alicyclic amines) is 1. The number of carbonyl (C=O) groups excluding carboxylic acids is 3. The summed E-state index contributed by atoms with van der Waals surface area (Å²) in [6.45, 7) is 2.98. The third-order valence-electron chi connectivity index (χ3n) is 4.98. The van der Waals surface area contributed by atoms with E-state index in [4.69, 9.17) is 5.73 Å². The van der Waals surface area contributed by atoms with Crippen molar-refractivity contribution < 1.29 is 14.4 Å². The quantitative estimate of drug-likeness (QED) is 0.736. The monoisotopic (exact) mass is 328 g/mol. The van der Waals surface area contributed by atoms with Crippen LogP contribution in [-0.2, 0) is 22.7 Å². The van der Waals surface area contributed by atoms with E-state index in [-0.39, 0.29) is 30.2 Å². The van der Waals surface area contributed by atoms with Gasteiger partial charge in [-0.2, -0.15) is 0 Å². The molecule has 2 fully saturated rings. The van der Waals surface area contributed by atoms with E-state index in [0.29, 0.717) is 18.5 Å². The maximum atomic E-state index is 12.7. The van der Waals surface area contributed by atoms with Crippen LogP contribution in [0.1, 0.15) is 34.3 Å². The highest BCUT2D eigenvalue weighted by atomic mass is 16.2. The Kier molecular flexibility index (Phi) is 3.62. The van der Waals surface area contributed by atoms with Crippen LogP contribution in [0.5, 0.6) is 0 Å². The fourth-order valence-corrected chi connectivity index (χ4v) is 3.70. The van der Waals surface area contributed by atoms with Crippen LogP contribution in [0.15, 0.2) is 18.2 Å². The lowest BCUT2D eigenvalue weighted by Gasteiger charge is -2.36. The molecule has 0 aromatic heterocycles. The molecule has 3 heterocycles. The van der Waals surface area contributed by atoms with Crippen molar-refractivity contribution in [1.29, 1.82) is 0 Å². The molecule has 0 saturated carbocycles. The van der Waals surface area contributed by atoms with Gasteiger partial charge in [-0.15, -0.1) is 0 Å². The first-order valence-corrected chi connectivity index (χ1v) is 8.25. The Labute approximate surface area is 139 Å². The highest BCUT2D eigenvalue weighted by Crippen LogP contribution is 2.28. The molecule has 2 saturated heterocycles. The van der Waals surface area contributed by atoms with E-state index in [1.54, 1.807) is 4.90 Å². The Morgan fingerprint density at radius 1 is 1.21 bits per heavy atom. The normalized spacial score (nSPS) is 24.8. The summed E-state index contributed by atoms with van der Waals surface area (Å²) in [5.41, 5.74) is 8.48. The van der Waals surface area contributed by atoms with Gasteiger partial charge in [0.25, 0.3) is 5.91 Å². The minimum absolute atomic E-state index is 0.123. The van der Waals surface area contributed by atoms with E-state index in [1.807, 2.05) is 18.2 Å². The van der Waals surface area contributed by atoms with Crippen molar-refractivity contribution in [3.8, 4) is 0 Å². The number of hydrogen-bond acceptors (Lipinski definition) is 5. The zero-order valence-electron chi connectivity index (χ0n) is 13.3. The number of nitrogens with zero attached hydrogens (tertiary/aromatic N) is 2. The summed E-state index contributed by atoms with van der Waals surface area (Å²) >= 11 is 0. The molecule has 1 unspecified atom stereocenters. The van der Waals surface area contributed by atoms with Crippen LogP contribution in [-0.4, -0.2) is 52.7 Å². The molecule has 7 heteroatoms. The van der Waals surface area contributed by atoms with Crippen LogP contribution in [0.4, 0.5) is 0 Å². The first kappa shape index (κ1) is 15.3. The lowest BCUT2D eigenvalue weighted by Crippen LogP contribution is -2.54. The SMILES string of the molecule is NC1CN(Cc2ccc3c(c2)C(=O)N(C2CCC(=O)NC2=O)C3)C1. The van der Waals surface area contributed by atoms with Gasteiger partial charge in [0.15, 0.2) is 0 Å². The van der Waals surface area contributed by atoms with Gasteiger partial charge in [-0.1, -0.05) is 12.1 Å². The third-order valence-corrected chi connectivity index (χ3v) is 4.98. The summed E-state index contributed by atoms with van der Waals surface area (Å²) in [6, 6.07) is 5.62. The van der Waals surface area contributed by atoms with Crippen LogP contribution in [0, 0.1) is 0 Å². The Morgan fingerprint density at radius 2 is 2.00 bits per heavy atom. The molecular formula is C17H20N4O3. The van der Waals surface area contributed by atoms with Gasteiger partial charge in [0.05, 0.1) is 0 Å². The van der Waals surface area contributed by atoms with Crippen molar-refractivity contribution in [2.24, 2.45) is 5.73 Å². The second kappa shape index (κ2) is 5.68. The van der Waals surface area contributed by atoms with Crippen LogP contribution < -0.4 is 11.1 Å². The number of nitrogens with two attached hydrogens (primary N) is 1. The first-order valence-electron chi connectivity index (χ1n) is 8.25. The number of benzene rings is 1. The number of fused-ring (bicyclic) bond motifs is 1. The van der Waals surface area contributed by atoms with Gasteiger partial charge in [0.1, 0.15) is 6.04 Å². The van der Waals surface area contributed by atoms with Gasteiger partial charge in [-0.05, 0) is 23.6 Å². The molecule has 3 aliphatic rings. The van der Waals surface area contributed by atoms with Gasteiger partial charge < -0.3 is 10.6 Å². The largest absolute Gasteiger partial charge is 0.325 e. The Balaban J connectivity index is 1.50. The fourth-order valence-electron chi connectivity index (χ4n) is 3.70. The van der Waals surface area contributed by atoms with E-state index in [2.05, 4.69) is 10.2 Å². The van der Waals surface area contributed by atoms with Crippen molar-refractivity contribution in [2.75, 3.05) is 13.1 Å². The smallest absolute Gasteiger partial charge is 0.255 e. The molecule has 0 aliphatic carbocycles. The molecule has 1 atom stereocenters. The fraction of sp³-hybridized carbons (Fsp3) is 0.471. The molecule has 126 valence electrons. The Hall–Kier alpha value is -2.25. The second-order valence-corrected chi connectivity index (χ2v) is 6.85. The van der Waals surface area contributed by atoms with Crippen molar-refractivity contribution >= 4 is 17.7 Å². The number of hydrogen-bond donors (Lipinski definition) is 2. The van der Waals surface area contributed by atoms with Crippen molar-refractivity contribution in [3.05, 3.63) is 34.9 Å². The van der Waals surface area contributed by atoms with E-state index in [0.717, 1.165) is 30.8 Å². The molecule has 24 heavy (non-hydrogen) atoms. The Bertz CT molecular complexity index is 727. The number of rotatable bonds is 3. The van der Waals surface area contributed by atoms with E-state index in [1.165, 1.54) is 0 Å². The predicted molar refractivity (Wildman–Crippen MR) is 85.7 cm³/mol. The summed E-state index contributed by atoms with van der Waals surface area (Å²) < 4.78 is 0. The van der Waals surface area contributed by atoms with E-state index < -0.39 is 6.04 Å². The molecule has 0 bridgehead atoms. The summed E-state index contributed by atoms with van der Waals surface area (Å²) in [5.74, 6) is -0.765. The molecule has 3 amide bonds. The Morgan fingerprint density at radius 3 is 2.71 bits per heavy atom. The van der Waals surface area contributed by atoms with Gasteiger partial charge in [0.2, 0.25) is 11.8 Å². The molecular weight excluding hydrogens is 308 g/mol. The molecule has 7 nitrogen and oxygen atoms in total. The van der Waals surface area contributed by atoms with Gasteiger partial charge in [-0.25, -0.2) is 0 Å². The number of imide groups is 1. The highest BCUT2D eigenvalue weighted by Gasteiger charge is 2.39. The second-order valence-electron chi connectivity index (χ2n) is 6.85. The number of amides is 3. The number of nitrogens with one attached hydrogen (secondary N) is 1. The van der Waals surface area contributed by atoms with Crippen LogP contribution in [0.25, 0.3) is 0 Å². The van der Waals surface area contributed by atoms with Crippen molar-refractivity contribution in [3.63, 3.8) is 0 Å². The first-order chi connectivity index (χ1) is 11.5. The maximum absolute atomic E-state index is 12.7. The number of carbonyl (C=O) groups is 3. The predicted octanol–water partition coefficient (Wildman–Crippen LogP) is -0.409. The van der Waals surface area contributed by atoms with Crippen LogP contribution >= 0.6 is 0 Å². The molecule has 1 aromatic rings. The lowest BCUT2D eigenvalue weighted by atomic mass is 10.0. The minimum atomic E-state index is -0.556. The summed E-state index contributed by atoms with van der Waals surface area (Å²) in [7, 11) is 0. The van der Waals surface area contributed by atoms with Crippen LogP contribution in [0.3, 0.4) is 0 Å².